The Morgan fingerprint density at radius 1 is 1.08 bits per heavy atom. The lowest BCUT2D eigenvalue weighted by molar-refractivity contribution is -0.137. The Morgan fingerprint density at radius 3 is 2.45 bits per heavy atom. The summed E-state index contributed by atoms with van der Waals surface area (Å²) < 4.78 is 20.8. The number of rotatable bonds is 6. The lowest BCUT2D eigenvalue weighted by Crippen LogP contribution is -2.60. The van der Waals surface area contributed by atoms with Crippen LogP contribution < -0.4 is 10.3 Å². The second-order valence-corrected chi connectivity index (χ2v) is 11.8. The van der Waals surface area contributed by atoms with Crippen molar-refractivity contribution in [3.8, 4) is 5.75 Å². The summed E-state index contributed by atoms with van der Waals surface area (Å²) in [4.78, 5) is 50.1. The Balaban J connectivity index is 1.06. The number of aromatic nitrogens is 2. The van der Waals surface area contributed by atoms with Crippen molar-refractivity contribution < 1.29 is 18.7 Å². The maximum atomic E-state index is 14.8. The third-order valence-corrected chi connectivity index (χ3v) is 8.88. The van der Waals surface area contributed by atoms with E-state index >= 15 is 0 Å². The monoisotopic (exact) mass is 525 g/mol. The molecule has 10 heteroatoms. The quantitative estimate of drug-likeness (QED) is 0.623. The highest BCUT2D eigenvalue weighted by Crippen LogP contribution is 2.42. The number of ether oxygens (including phenoxy) is 1. The van der Waals surface area contributed by atoms with Crippen LogP contribution in [0.15, 0.2) is 16.9 Å². The molecule has 1 spiro atoms. The van der Waals surface area contributed by atoms with Crippen LogP contribution in [0.4, 0.5) is 4.39 Å². The topological polar surface area (TPSA) is 98.8 Å². The summed E-state index contributed by atoms with van der Waals surface area (Å²) in [6.07, 6.45) is 5.83. The molecule has 3 aliphatic heterocycles. The number of aromatic amines is 1. The smallest absolute Gasteiger partial charge is 0.261 e. The van der Waals surface area contributed by atoms with E-state index in [2.05, 4.69) is 14.9 Å². The van der Waals surface area contributed by atoms with E-state index in [9.17, 15) is 18.8 Å². The van der Waals surface area contributed by atoms with Gasteiger partial charge in [0.05, 0.1) is 18.7 Å². The number of H-pyrrole nitrogens is 1. The Labute approximate surface area is 221 Å². The molecule has 2 aromatic rings. The minimum Gasteiger partial charge on any atom is -0.493 e. The molecule has 38 heavy (non-hydrogen) atoms. The molecule has 1 N–H and O–H groups in total. The fourth-order valence-electron chi connectivity index (χ4n) is 6.37. The van der Waals surface area contributed by atoms with Crippen molar-refractivity contribution in [1.82, 2.24) is 24.7 Å². The van der Waals surface area contributed by atoms with Crippen molar-refractivity contribution in [3.63, 3.8) is 0 Å². The fourth-order valence-corrected chi connectivity index (χ4v) is 6.37. The Morgan fingerprint density at radius 2 is 1.79 bits per heavy atom. The van der Waals surface area contributed by atoms with Gasteiger partial charge in [0.1, 0.15) is 22.8 Å². The van der Waals surface area contributed by atoms with Gasteiger partial charge in [-0.25, -0.2) is 9.37 Å². The Kier molecular flexibility index (Phi) is 6.62. The highest BCUT2D eigenvalue weighted by molar-refractivity contribution is 5.81. The number of likely N-dealkylation sites (tertiary alicyclic amines) is 3. The average molecular weight is 526 g/mol. The van der Waals surface area contributed by atoms with Crippen molar-refractivity contribution in [2.75, 3.05) is 45.9 Å². The average Bonchev–Trinajstić information content (AvgIpc) is 3.72. The van der Waals surface area contributed by atoms with Crippen LogP contribution in [0, 0.1) is 23.1 Å². The first kappa shape index (κ1) is 25.3. The number of carbonyl (C=O) groups excluding carboxylic acids is 2. The minimum absolute atomic E-state index is 0.0522. The molecule has 1 aromatic carbocycles. The van der Waals surface area contributed by atoms with Crippen LogP contribution in [-0.4, -0.2) is 82.4 Å². The summed E-state index contributed by atoms with van der Waals surface area (Å²) in [5.74, 6) is 1.24. The number of halogens is 1. The molecule has 9 nitrogen and oxygen atoms in total. The predicted octanol–water partition coefficient (Wildman–Crippen LogP) is 2.53. The van der Waals surface area contributed by atoms with Gasteiger partial charge < -0.3 is 19.5 Å². The number of hydrogen-bond donors (Lipinski definition) is 1. The molecule has 0 radical (unpaired) electrons. The maximum Gasteiger partial charge on any atom is 0.261 e. The molecule has 204 valence electrons. The minimum atomic E-state index is -0.639. The zero-order valence-electron chi connectivity index (χ0n) is 22.0. The van der Waals surface area contributed by atoms with Crippen molar-refractivity contribution in [2.24, 2.45) is 17.3 Å². The van der Waals surface area contributed by atoms with Crippen molar-refractivity contribution in [3.05, 3.63) is 34.1 Å². The van der Waals surface area contributed by atoms with Crippen LogP contribution in [0.25, 0.3) is 10.9 Å². The van der Waals surface area contributed by atoms with Crippen LogP contribution >= 0.6 is 0 Å². The molecule has 0 atom stereocenters. The van der Waals surface area contributed by atoms with Gasteiger partial charge in [0, 0.05) is 64.2 Å². The molecular weight excluding hydrogens is 489 g/mol. The SMILES string of the molecule is CC(=O)N1CCC(COc2cc(F)c3c(=O)[nH]c(CN4CC5(CCN(C(=O)C6CC6)CC5)C4)nc3c2)CC1. The maximum absolute atomic E-state index is 14.8. The Bertz CT molecular complexity index is 1280. The number of fused-ring (bicyclic) bond motifs is 1. The first-order valence-corrected chi connectivity index (χ1v) is 13.9. The van der Waals surface area contributed by atoms with Crippen LogP contribution in [0.1, 0.15) is 51.3 Å². The molecule has 0 unspecified atom stereocenters. The van der Waals surface area contributed by atoms with E-state index < -0.39 is 11.4 Å². The number of benzene rings is 1. The lowest BCUT2D eigenvalue weighted by Gasteiger charge is -2.54. The molecule has 6 rings (SSSR count). The number of nitrogens with one attached hydrogen (secondary N) is 1. The summed E-state index contributed by atoms with van der Waals surface area (Å²) in [6, 6.07) is 2.90. The van der Waals surface area contributed by atoms with Gasteiger partial charge in [0.2, 0.25) is 11.8 Å². The lowest BCUT2D eigenvalue weighted by atomic mass is 9.72. The van der Waals surface area contributed by atoms with E-state index in [1.165, 1.54) is 6.07 Å². The highest BCUT2D eigenvalue weighted by atomic mass is 19.1. The Hall–Kier alpha value is -3.01. The molecule has 1 aromatic heterocycles. The standard InChI is InChI=1S/C28H36FN5O4/c1-18(35)33-8-4-19(5-9-33)15-38-21-12-22(29)25-23(13-21)30-24(31-26(25)36)14-32-16-28(17-32)6-10-34(11-7-28)27(37)20-2-3-20/h12-13,19-20H,2-11,14-17H2,1H3,(H,30,31,36). The predicted molar refractivity (Wildman–Crippen MR) is 139 cm³/mol. The van der Waals surface area contributed by atoms with Gasteiger partial charge in [-0.1, -0.05) is 0 Å². The first-order valence-electron chi connectivity index (χ1n) is 13.9. The molecule has 4 heterocycles. The van der Waals surface area contributed by atoms with Crippen LogP contribution in [0.5, 0.6) is 5.75 Å². The number of hydrogen-bond acceptors (Lipinski definition) is 6. The van der Waals surface area contributed by atoms with Gasteiger partial charge in [-0.3, -0.25) is 19.3 Å². The molecule has 4 fully saturated rings. The van der Waals surface area contributed by atoms with Crippen LogP contribution in [0.2, 0.25) is 0 Å². The fraction of sp³-hybridized carbons (Fsp3) is 0.643. The number of carbonyl (C=O) groups is 2. The van der Waals surface area contributed by atoms with Gasteiger partial charge in [-0.15, -0.1) is 0 Å². The molecule has 1 saturated carbocycles. The third-order valence-electron chi connectivity index (χ3n) is 8.88. The molecule has 4 aliphatic rings. The van der Waals surface area contributed by atoms with E-state index in [0.29, 0.717) is 55.2 Å². The highest BCUT2D eigenvalue weighted by Gasteiger charge is 2.46. The van der Waals surface area contributed by atoms with Gasteiger partial charge in [0.25, 0.3) is 5.56 Å². The summed E-state index contributed by atoms with van der Waals surface area (Å²) in [7, 11) is 0. The number of amides is 2. The summed E-state index contributed by atoms with van der Waals surface area (Å²) in [5.41, 5.74) is 0.0607. The van der Waals surface area contributed by atoms with Crippen molar-refractivity contribution in [1.29, 1.82) is 0 Å². The molecule has 2 amide bonds. The van der Waals surface area contributed by atoms with E-state index in [0.717, 1.165) is 64.7 Å². The zero-order valence-corrected chi connectivity index (χ0v) is 22.0. The van der Waals surface area contributed by atoms with Crippen molar-refractivity contribution in [2.45, 2.75) is 52.0 Å². The molecular formula is C28H36FN5O4. The second kappa shape index (κ2) is 9.94. The summed E-state index contributed by atoms with van der Waals surface area (Å²) >= 11 is 0. The van der Waals surface area contributed by atoms with Crippen LogP contribution in [-0.2, 0) is 16.1 Å². The van der Waals surface area contributed by atoms with Crippen LogP contribution in [0.3, 0.4) is 0 Å². The van der Waals surface area contributed by atoms with Gasteiger partial charge in [-0.05, 0) is 49.9 Å². The molecule has 0 bridgehead atoms. The zero-order chi connectivity index (χ0) is 26.4. The molecule has 1 aliphatic carbocycles. The largest absolute Gasteiger partial charge is 0.493 e. The normalized spacial score (nSPS) is 22.1. The first-order chi connectivity index (χ1) is 18.3. The van der Waals surface area contributed by atoms with Gasteiger partial charge in [-0.2, -0.15) is 0 Å². The van der Waals surface area contributed by atoms with E-state index in [1.54, 1.807) is 13.0 Å². The number of piperidine rings is 2. The summed E-state index contributed by atoms with van der Waals surface area (Å²) in [6.45, 7) is 7.46. The number of nitrogens with zero attached hydrogens (tertiary/aromatic N) is 4. The summed E-state index contributed by atoms with van der Waals surface area (Å²) in [5, 5.41) is -0.0522. The molecule has 3 saturated heterocycles. The van der Waals surface area contributed by atoms with Crippen molar-refractivity contribution >= 4 is 22.7 Å². The van der Waals surface area contributed by atoms with Gasteiger partial charge in [0.15, 0.2) is 0 Å². The van der Waals surface area contributed by atoms with Gasteiger partial charge >= 0.3 is 0 Å². The van der Waals surface area contributed by atoms with E-state index in [1.807, 2.05) is 9.80 Å². The second-order valence-electron chi connectivity index (χ2n) is 11.8. The van der Waals surface area contributed by atoms with E-state index in [4.69, 9.17) is 4.74 Å². The van der Waals surface area contributed by atoms with E-state index in [-0.39, 0.29) is 22.6 Å². The third kappa shape index (κ3) is 5.15.